The van der Waals surface area contributed by atoms with Crippen LogP contribution in [0.25, 0.3) is 0 Å². The Hall–Kier alpha value is -3.45. The smallest absolute Gasteiger partial charge is 0.407 e. The van der Waals surface area contributed by atoms with Crippen molar-refractivity contribution in [2.75, 3.05) is 30.9 Å². The van der Waals surface area contributed by atoms with Crippen LogP contribution in [0.4, 0.5) is 9.93 Å². The first-order valence-corrected chi connectivity index (χ1v) is 14.8. The highest BCUT2D eigenvalue weighted by molar-refractivity contribution is 8.01. The number of hydrogen-bond acceptors (Lipinski definition) is 15. The Bertz CT molecular complexity index is 1320. The lowest BCUT2D eigenvalue weighted by Crippen LogP contribution is -2.69. The lowest BCUT2D eigenvalue weighted by atomic mass is 10.1. The van der Waals surface area contributed by atoms with E-state index in [2.05, 4.69) is 40.7 Å². The van der Waals surface area contributed by atoms with E-state index in [0.29, 0.717) is 16.7 Å². The maximum atomic E-state index is 12.8. The molecule has 0 spiro atoms. The van der Waals surface area contributed by atoms with Crippen molar-refractivity contribution in [2.24, 2.45) is 5.16 Å². The van der Waals surface area contributed by atoms with Crippen molar-refractivity contribution in [3.63, 3.8) is 0 Å². The number of carbonyl (C=O) groups excluding carboxylic acids is 3. The second kappa shape index (κ2) is 12.4. The summed E-state index contributed by atoms with van der Waals surface area (Å²) in [7, 11) is 1.29. The maximum absolute atomic E-state index is 12.8. The first-order valence-electron chi connectivity index (χ1n) is 12.0. The Morgan fingerprint density at radius 2 is 2.15 bits per heavy atom. The zero-order chi connectivity index (χ0) is 29.0. The molecule has 2 aromatic heterocycles. The van der Waals surface area contributed by atoms with Gasteiger partial charge in [0.15, 0.2) is 5.13 Å². The van der Waals surface area contributed by atoms with Gasteiger partial charge in [0.1, 0.15) is 24.1 Å². The summed E-state index contributed by atoms with van der Waals surface area (Å²) in [6.07, 6.45) is 1.29. The molecule has 4 heterocycles. The van der Waals surface area contributed by atoms with Gasteiger partial charge in [-0.2, -0.15) is 9.36 Å². The number of carbonyl (C=O) groups is 3. The van der Waals surface area contributed by atoms with Gasteiger partial charge in [-0.05, 0) is 43.7 Å². The molecule has 0 radical (unpaired) electrons. The minimum atomic E-state index is -0.730. The Balaban J connectivity index is 1.30. The molecule has 2 aliphatic heterocycles. The molecule has 0 saturated carbocycles. The van der Waals surface area contributed by atoms with E-state index in [1.165, 1.54) is 30.6 Å². The lowest BCUT2D eigenvalue weighted by Gasteiger charge is -2.47. The van der Waals surface area contributed by atoms with Gasteiger partial charge in [0.05, 0.1) is 6.04 Å². The van der Waals surface area contributed by atoms with Gasteiger partial charge in [0.2, 0.25) is 16.7 Å². The number of nitrogens with two attached hydrogens (primary N) is 1. The van der Waals surface area contributed by atoms with Crippen molar-refractivity contribution in [3.8, 4) is 0 Å². The number of anilines is 1. The number of nitrogens with zero attached hydrogens (tertiary/aromatic N) is 8. The zero-order valence-corrected chi connectivity index (χ0v) is 24.8. The molecule has 3 amide bonds. The van der Waals surface area contributed by atoms with E-state index in [-0.39, 0.29) is 40.5 Å². The van der Waals surface area contributed by atoms with Gasteiger partial charge in [0, 0.05) is 35.8 Å². The van der Waals surface area contributed by atoms with E-state index < -0.39 is 23.6 Å². The Morgan fingerprint density at radius 1 is 1.38 bits per heavy atom. The van der Waals surface area contributed by atoms with Gasteiger partial charge < -0.3 is 30.8 Å². The van der Waals surface area contributed by atoms with Gasteiger partial charge in [-0.15, -0.1) is 16.9 Å². The van der Waals surface area contributed by atoms with Crippen LogP contribution in [0.2, 0.25) is 0 Å². The fourth-order valence-corrected chi connectivity index (χ4v) is 6.36. The highest BCUT2D eigenvalue weighted by Gasteiger charge is 2.50. The number of fused-ring (bicyclic) bond motifs is 1. The highest BCUT2D eigenvalue weighted by atomic mass is 32.2. The van der Waals surface area contributed by atoms with E-state index in [1.54, 1.807) is 36.6 Å². The molecule has 19 heteroatoms. The first kappa shape index (κ1) is 29.5. The number of oxime groups is 1. The number of β-lactam (4-membered cyclic amide) rings is 1. The summed E-state index contributed by atoms with van der Waals surface area (Å²) >= 11 is 3.87. The number of amides is 3. The van der Waals surface area contributed by atoms with E-state index in [9.17, 15) is 14.4 Å². The van der Waals surface area contributed by atoms with Crippen LogP contribution >= 0.6 is 35.1 Å². The van der Waals surface area contributed by atoms with Crippen molar-refractivity contribution < 1.29 is 24.0 Å². The third kappa shape index (κ3) is 7.00. The fourth-order valence-electron chi connectivity index (χ4n) is 3.60. The predicted molar refractivity (Wildman–Crippen MR) is 148 cm³/mol. The van der Waals surface area contributed by atoms with Gasteiger partial charge in [0.25, 0.3) is 11.8 Å². The molecule has 40 heavy (non-hydrogen) atoms. The van der Waals surface area contributed by atoms with Crippen molar-refractivity contribution in [1.29, 1.82) is 0 Å². The number of alkyl carbamates (subject to hydrolysis) is 1. The maximum Gasteiger partial charge on any atom is 0.407 e. The van der Waals surface area contributed by atoms with E-state index in [4.69, 9.17) is 15.3 Å². The molecular weight excluding hydrogens is 583 g/mol. The summed E-state index contributed by atoms with van der Waals surface area (Å²) in [6.45, 7) is 7.55. The molecule has 2 aromatic rings. The van der Waals surface area contributed by atoms with Crippen molar-refractivity contribution in [2.45, 2.75) is 55.9 Å². The topological polar surface area (TPSA) is 205 Å². The third-order valence-electron chi connectivity index (χ3n) is 5.39. The Labute approximate surface area is 242 Å². The van der Waals surface area contributed by atoms with E-state index >= 15 is 0 Å². The predicted octanol–water partition coefficient (Wildman–Crippen LogP) is 0.619. The third-order valence-corrected chi connectivity index (χ3v) is 8.35. The SMILES string of the molecule is CON=C(C(=O)NC1C(=O)N2C=C(CSc3nnnn3C(C)CNC(=O)OC(C)(C)C)CS[C@H]12)c1nsc(N)n1. The number of thioether (sulfide) groups is 2. The molecule has 1 fully saturated rings. The highest BCUT2D eigenvalue weighted by Crippen LogP contribution is 2.37. The second-order valence-electron chi connectivity index (χ2n) is 9.69. The van der Waals surface area contributed by atoms with Gasteiger partial charge >= 0.3 is 6.09 Å². The van der Waals surface area contributed by atoms with Crippen LogP contribution in [0.5, 0.6) is 0 Å². The van der Waals surface area contributed by atoms with Crippen molar-refractivity contribution in [3.05, 3.63) is 17.6 Å². The van der Waals surface area contributed by atoms with Crippen molar-refractivity contribution in [1.82, 2.24) is 45.1 Å². The molecule has 0 aliphatic carbocycles. The van der Waals surface area contributed by atoms with E-state index in [1.807, 2.05) is 6.92 Å². The first-order chi connectivity index (χ1) is 19.0. The molecule has 2 aliphatic rings. The second-order valence-corrected chi connectivity index (χ2v) is 12.5. The molecule has 16 nitrogen and oxygen atoms in total. The quantitative estimate of drug-likeness (QED) is 0.146. The van der Waals surface area contributed by atoms with E-state index in [0.717, 1.165) is 17.1 Å². The van der Waals surface area contributed by atoms with Crippen LogP contribution in [0.15, 0.2) is 22.1 Å². The minimum absolute atomic E-state index is 0.0262. The molecule has 3 atom stereocenters. The molecule has 0 bridgehead atoms. The molecule has 1 saturated heterocycles. The summed E-state index contributed by atoms with van der Waals surface area (Å²) in [4.78, 5) is 47.9. The summed E-state index contributed by atoms with van der Waals surface area (Å²) in [6, 6.07) is -0.945. The summed E-state index contributed by atoms with van der Waals surface area (Å²) in [5.74, 6) is 0.342. The molecule has 0 aromatic carbocycles. The van der Waals surface area contributed by atoms with Crippen LogP contribution in [-0.2, 0) is 19.2 Å². The average molecular weight is 612 g/mol. The average Bonchev–Trinajstić information content (AvgIpc) is 3.55. The Morgan fingerprint density at radius 3 is 2.83 bits per heavy atom. The van der Waals surface area contributed by atoms with Crippen LogP contribution in [0.3, 0.4) is 0 Å². The van der Waals surface area contributed by atoms with Crippen LogP contribution in [-0.4, -0.2) is 100 Å². The number of aromatic nitrogens is 6. The molecule has 4 rings (SSSR count). The number of nitrogen functional groups attached to an aromatic ring is 1. The minimum Gasteiger partial charge on any atom is -0.444 e. The largest absolute Gasteiger partial charge is 0.444 e. The standard InChI is InChI=1S/C21H29N11O5S3/c1-10(6-23-20(35)37-21(2,3)4)32-19(26-29-30-32)39-9-11-7-31-16(34)13(17(31)38-8-11)24-15(33)12(27-36-5)14-25-18(22)40-28-14/h7,10,13,17H,6,8-9H2,1-5H3,(H,23,35)(H,24,33)(H2,22,25,28)/t10?,13?,17-/m1/s1. The number of nitrogens with one attached hydrogen (secondary N) is 2. The van der Waals surface area contributed by atoms with Gasteiger partial charge in [-0.1, -0.05) is 16.9 Å². The summed E-state index contributed by atoms with van der Waals surface area (Å²) in [5, 5.41) is 21.5. The molecule has 4 N–H and O–H groups in total. The van der Waals surface area contributed by atoms with Crippen molar-refractivity contribution >= 4 is 63.8 Å². The number of hydrogen-bond donors (Lipinski definition) is 3. The number of rotatable bonds is 10. The lowest BCUT2D eigenvalue weighted by molar-refractivity contribution is -0.143. The molecular formula is C21H29N11O5S3. The van der Waals surface area contributed by atoms with Gasteiger partial charge in [-0.25, -0.2) is 9.48 Å². The number of tetrazole rings is 1. The monoisotopic (exact) mass is 611 g/mol. The fraction of sp³-hybridized carbons (Fsp3) is 0.571. The van der Waals surface area contributed by atoms with Crippen LogP contribution in [0, 0.1) is 0 Å². The van der Waals surface area contributed by atoms with Crippen LogP contribution < -0.4 is 16.4 Å². The molecule has 216 valence electrons. The summed E-state index contributed by atoms with van der Waals surface area (Å²) < 4.78 is 10.9. The Kier molecular flexibility index (Phi) is 9.14. The zero-order valence-electron chi connectivity index (χ0n) is 22.4. The summed E-state index contributed by atoms with van der Waals surface area (Å²) in [5.41, 5.74) is 5.86. The van der Waals surface area contributed by atoms with Gasteiger partial charge in [-0.3, -0.25) is 9.59 Å². The van der Waals surface area contributed by atoms with Crippen LogP contribution in [0.1, 0.15) is 39.6 Å². The molecule has 2 unspecified atom stereocenters. The number of ether oxygens (including phenoxy) is 1. The normalized spacial score (nSPS) is 19.7.